The maximum absolute atomic E-state index is 15.2. The summed E-state index contributed by atoms with van der Waals surface area (Å²) in [5.74, 6) is -4.02. The van der Waals surface area contributed by atoms with Gasteiger partial charge in [-0.2, -0.15) is 13.2 Å². The molecule has 11 heteroatoms. The van der Waals surface area contributed by atoms with Gasteiger partial charge in [-0.05, 0) is 38.8 Å². The number of ether oxygens (including phenoxy) is 1. The van der Waals surface area contributed by atoms with Crippen molar-refractivity contribution >= 4 is 22.6 Å². The second-order valence-corrected chi connectivity index (χ2v) is 7.89. The van der Waals surface area contributed by atoms with Crippen LogP contribution in [0.4, 0.5) is 23.2 Å². The van der Waals surface area contributed by atoms with Crippen molar-refractivity contribution in [2.45, 2.75) is 52.0 Å². The van der Waals surface area contributed by atoms with E-state index >= 15 is 4.39 Å². The number of halogens is 4. The van der Waals surface area contributed by atoms with Crippen molar-refractivity contribution < 1.29 is 27.1 Å². The number of alkyl halides is 3. The molecule has 0 aliphatic carbocycles. The summed E-state index contributed by atoms with van der Waals surface area (Å²) in [6.07, 6.45) is -4.64. The van der Waals surface area contributed by atoms with E-state index in [9.17, 15) is 22.8 Å². The zero-order valence-corrected chi connectivity index (χ0v) is 17.3. The molecular formula is C20H24F4N4O3. The molecule has 1 fully saturated rings. The molecule has 170 valence electrons. The molecule has 1 atom stereocenters. The Labute approximate surface area is 175 Å². The second kappa shape index (κ2) is 8.12. The summed E-state index contributed by atoms with van der Waals surface area (Å²) in [7, 11) is 0. The molecule has 0 radical (unpaired) electrons. The quantitative estimate of drug-likeness (QED) is 0.555. The number of hydrogen-bond donors (Lipinski definition) is 2. The van der Waals surface area contributed by atoms with Gasteiger partial charge in [0, 0.05) is 42.7 Å². The van der Waals surface area contributed by atoms with Crippen LogP contribution in [0.1, 0.15) is 37.4 Å². The van der Waals surface area contributed by atoms with E-state index in [1.807, 2.05) is 0 Å². The van der Waals surface area contributed by atoms with Gasteiger partial charge in [-0.25, -0.2) is 9.18 Å². The number of anilines is 1. The summed E-state index contributed by atoms with van der Waals surface area (Å²) in [5.41, 5.74) is 11.6. The molecule has 0 unspecified atom stereocenters. The predicted octanol–water partition coefficient (Wildman–Crippen LogP) is 2.49. The molecule has 1 aliphatic heterocycles. The zero-order chi connectivity index (χ0) is 23.2. The van der Waals surface area contributed by atoms with E-state index in [2.05, 4.69) is 4.74 Å². The lowest BCUT2D eigenvalue weighted by Gasteiger charge is -2.26. The highest BCUT2D eigenvalue weighted by molar-refractivity contribution is 5.92. The average Bonchev–Trinajstić information content (AvgIpc) is 3.07. The van der Waals surface area contributed by atoms with E-state index in [4.69, 9.17) is 11.5 Å². The van der Waals surface area contributed by atoms with Gasteiger partial charge in [-0.3, -0.25) is 4.79 Å². The molecule has 1 aromatic carbocycles. The number of hydrogen-bond acceptors (Lipinski definition) is 6. The summed E-state index contributed by atoms with van der Waals surface area (Å²) in [4.78, 5) is 26.3. The Morgan fingerprint density at radius 1 is 1.35 bits per heavy atom. The van der Waals surface area contributed by atoms with Crippen molar-refractivity contribution in [3.8, 4) is 5.75 Å². The first-order chi connectivity index (χ1) is 14.4. The van der Waals surface area contributed by atoms with Crippen LogP contribution in [0.15, 0.2) is 10.9 Å². The molecule has 2 aromatic rings. The zero-order valence-electron chi connectivity index (χ0n) is 17.3. The number of fused-ring (bicyclic) bond motifs is 1. The van der Waals surface area contributed by atoms with Gasteiger partial charge in [0.05, 0.1) is 11.2 Å². The molecule has 0 saturated carbocycles. The molecule has 1 saturated heterocycles. The Morgan fingerprint density at radius 2 is 2.00 bits per heavy atom. The first-order valence-electron chi connectivity index (χ1n) is 9.78. The minimum absolute atomic E-state index is 0.114. The van der Waals surface area contributed by atoms with Crippen LogP contribution in [-0.4, -0.2) is 35.8 Å². The number of carbonyl (C=O) groups is 1. The maximum atomic E-state index is 15.2. The minimum atomic E-state index is -5.31. The van der Waals surface area contributed by atoms with Crippen LogP contribution in [0, 0.1) is 12.7 Å². The smallest absolute Gasteiger partial charge is 0.414 e. The molecule has 0 bridgehead atoms. The number of aromatic nitrogens is 1. The summed E-state index contributed by atoms with van der Waals surface area (Å²) < 4.78 is 59.1. The van der Waals surface area contributed by atoms with Gasteiger partial charge >= 0.3 is 12.1 Å². The number of pyridine rings is 1. The lowest BCUT2D eigenvalue weighted by atomic mass is 10.0. The summed E-state index contributed by atoms with van der Waals surface area (Å²) in [6, 6.07) is 0.473. The van der Waals surface area contributed by atoms with Crippen molar-refractivity contribution in [3.05, 3.63) is 33.4 Å². The third kappa shape index (κ3) is 3.99. The van der Waals surface area contributed by atoms with E-state index in [0.29, 0.717) is 30.6 Å². The van der Waals surface area contributed by atoms with Crippen LogP contribution in [0.2, 0.25) is 0 Å². The highest BCUT2D eigenvalue weighted by Gasteiger charge is 2.42. The Hall–Kier alpha value is -2.66. The number of nitrogens with zero attached hydrogens (tertiary/aromatic N) is 2. The standard InChI is InChI=1S/C20H24F4N4O3/c1-9(2)28-15-10(3)16(27-5-4-11(26)8-27)14(21)6-12(15)13(7-25)17(18(28)29)31-19(30)20(22,23)24/h6,9,11H,4-5,7-8,25-26H2,1-3H3/t11-/m0/s1. The lowest BCUT2D eigenvalue weighted by molar-refractivity contribution is -0.189. The molecular weight excluding hydrogens is 420 g/mol. The van der Waals surface area contributed by atoms with E-state index in [1.54, 1.807) is 25.7 Å². The highest BCUT2D eigenvalue weighted by atomic mass is 19.4. The second-order valence-electron chi connectivity index (χ2n) is 7.89. The van der Waals surface area contributed by atoms with Gasteiger partial charge in [0.1, 0.15) is 5.82 Å². The number of rotatable bonds is 4. The maximum Gasteiger partial charge on any atom is 0.491 e. The lowest BCUT2D eigenvalue weighted by Crippen LogP contribution is -2.34. The van der Waals surface area contributed by atoms with Crippen molar-refractivity contribution in [1.29, 1.82) is 0 Å². The van der Waals surface area contributed by atoms with Gasteiger partial charge < -0.3 is 25.7 Å². The monoisotopic (exact) mass is 444 g/mol. The molecule has 4 N–H and O–H groups in total. The molecule has 2 heterocycles. The number of nitrogens with two attached hydrogens (primary N) is 2. The van der Waals surface area contributed by atoms with Gasteiger partial charge in [-0.15, -0.1) is 0 Å². The number of esters is 1. The van der Waals surface area contributed by atoms with Crippen molar-refractivity contribution in [1.82, 2.24) is 4.57 Å². The Bertz CT molecular complexity index is 1090. The van der Waals surface area contributed by atoms with Crippen molar-refractivity contribution in [2.24, 2.45) is 11.5 Å². The summed E-state index contributed by atoms with van der Waals surface area (Å²) >= 11 is 0. The van der Waals surface area contributed by atoms with Crippen LogP contribution in [0.25, 0.3) is 10.9 Å². The molecule has 1 aromatic heterocycles. The Morgan fingerprint density at radius 3 is 2.48 bits per heavy atom. The predicted molar refractivity (Wildman–Crippen MR) is 108 cm³/mol. The molecule has 7 nitrogen and oxygen atoms in total. The van der Waals surface area contributed by atoms with Gasteiger partial charge in [0.25, 0.3) is 5.56 Å². The fourth-order valence-electron chi connectivity index (χ4n) is 4.09. The average molecular weight is 444 g/mol. The van der Waals surface area contributed by atoms with Crippen LogP contribution in [0.5, 0.6) is 5.75 Å². The van der Waals surface area contributed by atoms with Crippen molar-refractivity contribution in [3.63, 3.8) is 0 Å². The Balaban J connectivity index is 2.37. The van der Waals surface area contributed by atoms with E-state index in [-0.39, 0.29) is 22.7 Å². The van der Waals surface area contributed by atoms with Crippen LogP contribution in [0.3, 0.4) is 0 Å². The number of carbonyl (C=O) groups excluding carboxylic acids is 1. The van der Waals surface area contributed by atoms with Crippen LogP contribution >= 0.6 is 0 Å². The normalized spacial score (nSPS) is 17.1. The number of aryl methyl sites for hydroxylation is 1. The summed E-state index contributed by atoms with van der Waals surface area (Å²) in [6.45, 7) is 5.45. The minimum Gasteiger partial charge on any atom is -0.414 e. The van der Waals surface area contributed by atoms with E-state index in [1.165, 1.54) is 4.57 Å². The SMILES string of the molecule is Cc1c(N2CC[C@H](N)C2)c(F)cc2c(CN)c(OC(=O)C(F)(F)F)c(=O)n(C(C)C)c12. The van der Waals surface area contributed by atoms with Gasteiger partial charge in [0.15, 0.2) is 0 Å². The topological polar surface area (TPSA) is 104 Å². The first-order valence-corrected chi connectivity index (χ1v) is 9.78. The Kier molecular flexibility index (Phi) is 6.03. The fraction of sp³-hybridized carbons (Fsp3) is 0.500. The third-order valence-corrected chi connectivity index (χ3v) is 5.40. The van der Waals surface area contributed by atoms with Crippen LogP contribution in [-0.2, 0) is 11.3 Å². The third-order valence-electron chi connectivity index (χ3n) is 5.40. The molecule has 1 aliphatic rings. The van der Waals surface area contributed by atoms with Gasteiger partial charge in [-0.1, -0.05) is 0 Å². The first kappa shape index (κ1) is 23.0. The fourth-order valence-corrected chi connectivity index (χ4v) is 4.09. The highest BCUT2D eigenvalue weighted by Crippen LogP contribution is 2.37. The van der Waals surface area contributed by atoms with Crippen LogP contribution < -0.4 is 26.7 Å². The van der Waals surface area contributed by atoms with Crippen molar-refractivity contribution in [2.75, 3.05) is 18.0 Å². The van der Waals surface area contributed by atoms with E-state index < -0.39 is 41.9 Å². The molecule has 31 heavy (non-hydrogen) atoms. The molecule has 0 amide bonds. The van der Waals surface area contributed by atoms with Gasteiger partial charge in [0.2, 0.25) is 5.75 Å². The van der Waals surface area contributed by atoms with E-state index in [0.717, 1.165) is 6.07 Å². The number of benzene rings is 1. The largest absolute Gasteiger partial charge is 0.491 e. The molecule has 0 spiro atoms. The molecule has 3 rings (SSSR count). The summed E-state index contributed by atoms with van der Waals surface area (Å²) in [5, 5.41) is 0.114.